The maximum atomic E-state index is 9.07. The summed E-state index contributed by atoms with van der Waals surface area (Å²) in [5, 5.41) is 19.9. The van der Waals surface area contributed by atoms with E-state index in [1.165, 1.54) is 27.8 Å². The Morgan fingerprint density at radius 3 is 1.77 bits per heavy atom. The predicted molar refractivity (Wildman–Crippen MR) is 104 cm³/mol. The molecule has 1 fully saturated rings. The summed E-state index contributed by atoms with van der Waals surface area (Å²) in [6.45, 7) is 6.40. The van der Waals surface area contributed by atoms with Crippen molar-refractivity contribution in [1.82, 2.24) is 0 Å². The van der Waals surface area contributed by atoms with Gasteiger partial charge in [0.05, 0.1) is 0 Å². The molecule has 0 amide bonds. The number of rotatable bonds is 2. The molecule has 1 aliphatic carbocycles. The smallest absolute Gasteiger partial charge is 0.136 e. The van der Waals surface area contributed by atoms with Gasteiger partial charge in [0, 0.05) is 11.1 Å². The van der Waals surface area contributed by atoms with E-state index in [4.69, 9.17) is 10.5 Å². The minimum Gasteiger partial charge on any atom is -0.192 e. The van der Waals surface area contributed by atoms with Crippen LogP contribution in [0.4, 0.5) is 0 Å². The van der Waals surface area contributed by atoms with Crippen molar-refractivity contribution in [3.8, 4) is 12.1 Å². The van der Waals surface area contributed by atoms with Crippen LogP contribution in [0, 0.1) is 75.0 Å². The van der Waals surface area contributed by atoms with Gasteiger partial charge >= 0.3 is 0 Å². The molecule has 0 spiro atoms. The Labute approximate surface area is 155 Å². The Bertz CT molecular complexity index is 977. The summed E-state index contributed by atoms with van der Waals surface area (Å²) in [5.41, 5.74) is 6.27. The van der Waals surface area contributed by atoms with Crippen LogP contribution in [0.3, 0.4) is 0 Å². The molecule has 26 heavy (non-hydrogen) atoms. The standard InChI is InChI=1S/C24H19N2/c1-16-12-17(2)23(18(3)13-16)24(20-6-4-5-7-20)21-10-8-19(9-11-21)22(14-25)15-26/h4-13H,1-3H3. The fourth-order valence-corrected chi connectivity index (χ4v) is 3.53. The lowest BCUT2D eigenvalue weighted by Crippen LogP contribution is -2.17. The Morgan fingerprint density at radius 2 is 1.27 bits per heavy atom. The van der Waals surface area contributed by atoms with Gasteiger partial charge in [0.15, 0.2) is 0 Å². The van der Waals surface area contributed by atoms with Crippen LogP contribution in [0.15, 0.2) is 36.4 Å². The number of nitrogens with zero attached hydrogens (tertiary/aromatic N) is 2. The van der Waals surface area contributed by atoms with Crippen LogP contribution < -0.4 is 10.4 Å². The van der Waals surface area contributed by atoms with Gasteiger partial charge in [-0.2, -0.15) is 10.5 Å². The number of hydrogen-bond donors (Lipinski definition) is 0. The third kappa shape index (κ3) is 3.42. The molecule has 2 aromatic rings. The third-order valence-corrected chi connectivity index (χ3v) is 4.56. The summed E-state index contributed by atoms with van der Waals surface area (Å²) in [6.07, 6.45) is 8.31. The van der Waals surface area contributed by atoms with E-state index < -0.39 is 0 Å². The van der Waals surface area contributed by atoms with Gasteiger partial charge in [0.25, 0.3) is 0 Å². The second-order valence-electron chi connectivity index (χ2n) is 6.50. The van der Waals surface area contributed by atoms with E-state index in [0.29, 0.717) is 5.22 Å². The van der Waals surface area contributed by atoms with Crippen LogP contribution in [0.2, 0.25) is 0 Å². The molecule has 0 aliphatic heterocycles. The van der Waals surface area contributed by atoms with Crippen LogP contribution in [0.25, 0.3) is 11.1 Å². The van der Waals surface area contributed by atoms with Crippen molar-refractivity contribution in [2.75, 3.05) is 0 Å². The Hall–Kier alpha value is -2.84. The molecule has 1 saturated carbocycles. The first kappa shape index (κ1) is 18.0. The van der Waals surface area contributed by atoms with Crippen molar-refractivity contribution < 1.29 is 0 Å². The lowest BCUT2D eigenvalue weighted by Gasteiger charge is -2.20. The molecule has 1 aliphatic rings. The number of aryl methyl sites for hydroxylation is 3. The van der Waals surface area contributed by atoms with Gasteiger partial charge in [-0.25, -0.2) is 0 Å². The molecule has 3 rings (SSSR count). The van der Waals surface area contributed by atoms with Gasteiger partial charge in [-0.05, 0) is 73.9 Å². The summed E-state index contributed by atoms with van der Waals surface area (Å²) >= 11 is 0. The molecular formula is C24H19N2. The highest BCUT2D eigenvalue weighted by atomic mass is 14.3. The number of hydrogen-bond acceptors (Lipinski definition) is 2. The van der Waals surface area contributed by atoms with Crippen LogP contribution in [-0.2, 0) is 0 Å². The largest absolute Gasteiger partial charge is 0.192 e. The van der Waals surface area contributed by atoms with Crippen molar-refractivity contribution in [3.63, 3.8) is 0 Å². The van der Waals surface area contributed by atoms with Gasteiger partial charge in [-0.1, -0.05) is 42.0 Å². The van der Waals surface area contributed by atoms with Crippen molar-refractivity contribution in [3.05, 3.63) is 101 Å². The van der Waals surface area contributed by atoms with Crippen molar-refractivity contribution in [2.24, 2.45) is 0 Å². The van der Waals surface area contributed by atoms with Crippen LogP contribution in [0.1, 0.15) is 22.3 Å². The average molecular weight is 335 g/mol. The van der Waals surface area contributed by atoms with E-state index in [1.54, 1.807) is 0 Å². The first-order valence-electron chi connectivity index (χ1n) is 8.50. The van der Waals surface area contributed by atoms with Gasteiger partial charge in [-0.15, -0.1) is 0 Å². The highest BCUT2D eigenvalue weighted by Crippen LogP contribution is 2.37. The molecule has 2 nitrogen and oxygen atoms in total. The molecule has 5 radical (unpaired) electrons. The SMILES string of the molecule is Cc1cc(C)c(C([C]2[CH][CH][CH][CH]2)=c2ccc(=C(C#N)C#N)cc2)c(C)c1. The fourth-order valence-electron chi connectivity index (χ4n) is 3.53. The molecule has 0 atom stereocenters. The fraction of sp³-hybridized carbons (Fsp3) is 0.125. The molecule has 2 aromatic carbocycles. The first-order chi connectivity index (χ1) is 12.5. The van der Waals surface area contributed by atoms with Gasteiger partial charge in [0.1, 0.15) is 17.7 Å². The molecule has 125 valence electrons. The van der Waals surface area contributed by atoms with E-state index >= 15 is 0 Å². The second kappa shape index (κ2) is 7.59. The molecular weight excluding hydrogens is 316 g/mol. The lowest BCUT2D eigenvalue weighted by atomic mass is 9.84. The van der Waals surface area contributed by atoms with Crippen LogP contribution in [-0.4, -0.2) is 0 Å². The van der Waals surface area contributed by atoms with E-state index in [0.717, 1.165) is 11.1 Å². The zero-order valence-corrected chi connectivity index (χ0v) is 15.2. The van der Waals surface area contributed by atoms with Crippen molar-refractivity contribution in [1.29, 1.82) is 10.5 Å². The van der Waals surface area contributed by atoms with Gasteiger partial charge < -0.3 is 0 Å². The van der Waals surface area contributed by atoms with Crippen LogP contribution in [0.5, 0.6) is 0 Å². The quantitative estimate of drug-likeness (QED) is 0.844. The summed E-state index contributed by atoms with van der Waals surface area (Å²) in [5.74, 6) is 1.16. The van der Waals surface area contributed by atoms with E-state index in [2.05, 4.69) is 45.7 Å². The highest BCUT2D eigenvalue weighted by molar-refractivity contribution is 5.85. The number of nitriles is 2. The summed E-state index contributed by atoms with van der Waals surface area (Å²) in [4.78, 5) is 0. The molecule has 2 heteroatoms. The van der Waals surface area contributed by atoms with Gasteiger partial charge in [-0.3, -0.25) is 0 Å². The summed E-state index contributed by atoms with van der Waals surface area (Å²) < 4.78 is 0. The molecule has 0 unspecified atom stereocenters. The Morgan fingerprint density at radius 1 is 0.769 bits per heavy atom. The lowest BCUT2D eigenvalue weighted by molar-refractivity contribution is 1.25. The molecule has 0 N–H and O–H groups in total. The third-order valence-electron chi connectivity index (χ3n) is 4.56. The van der Waals surface area contributed by atoms with E-state index in [9.17, 15) is 0 Å². The highest BCUT2D eigenvalue weighted by Gasteiger charge is 2.25. The van der Waals surface area contributed by atoms with Gasteiger partial charge in [0.2, 0.25) is 0 Å². The Balaban J connectivity index is 2.30. The summed E-state index contributed by atoms with van der Waals surface area (Å²) in [6, 6.07) is 16.0. The maximum absolute atomic E-state index is 9.07. The molecule has 0 saturated heterocycles. The molecule has 0 heterocycles. The van der Waals surface area contributed by atoms with Crippen molar-refractivity contribution in [2.45, 2.75) is 20.8 Å². The van der Waals surface area contributed by atoms with Crippen molar-refractivity contribution >= 4 is 11.1 Å². The normalized spacial score (nSPS) is 13.9. The molecule has 0 bridgehead atoms. The summed E-state index contributed by atoms with van der Waals surface area (Å²) in [7, 11) is 0. The zero-order valence-electron chi connectivity index (χ0n) is 15.2. The first-order valence-corrected chi connectivity index (χ1v) is 8.50. The zero-order chi connectivity index (χ0) is 18.7. The Kier molecular flexibility index (Phi) is 5.24. The van der Waals surface area contributed by atoms with E-state index in [-0.39, 0.29) is 5.57 Å². The average Bonchev–Trinajstić information content (AvgIpc) is 3.14. The number of benzene rings is 2. The predicted octanol–water partition coefficient (Wildman–Crippen LogP) is 3.41. The topological polar surface area (TPSA) is 47.6 Å². The monoisotopic (exact) mass is 335 g/mol. The minimum absolute atomic E-state index is 0.133. The minimum atomic E-state index is 0.133. The van der Waals surface area contributed by atoms with Crippen LogP contribution >= 0.6 is 0 Å². The van der Waals surface area contributed by atoms with E-state index in [1.807, 2.05) is 49.2 Å². The second-order valence-corrected chi connectivity index (χ2v) is 6.50. The maximum Gasteiger partial charge on any atom is 0.136 e. The molecule has 0 aromatic heterocycles.